The molecule has 4 heterocycles. The van der Waals surface area contributed by atoms with Gasteiger partial charge >= 0.3 is 0 Å². The molecule has 0 N–H and O–H groups in total. The van der Waals surface area contributed by atoms with Crippen LogP contribution in [0.5, 0.6) is 0 Å². The molecule has 1 amide bonds. The van der Waals surface area contributed by atoms with Gasteiger partial charge < -0.3 is 19.2 Å². The minimum absolute atomic E-state index is 0.0561. The molecule has 11 heteroatoms. The quantitative estimate of drug-likeness (QED) is 0.674. The third-order valence-corrected chi connectivity index (χ3v) is 7.08. The first kappa shape index (κ1) is 21.7. The van der Waals surface area contributed by atoms with E-state index in [1.54, 1.807) is 17.9 Å². The van der Waals surface area contributed by atoms with Gasteiger partial charge in [0.25, 0.3) is 5.91 Å². The maximum absolute atomic E-state index is 12.6. The fourth-order valence-corrected chi connectivity index (χ4v) is 4.92. The Bertz CT molecular complexity index is 1050. The number of anilines is 1. The van der Waals surface area contributed by atoms with E-state index in [1.807, 2.05) is 0 Å². The molecule has 0 spiro atoms. The number of likely N-dealkylation sites (N-methyl/N-ethyl adjacent to an activating group) is 1. The van der Waals surface area contributed by atoms with Gasteiger partial charge in [-0.3, -0.25) is 4.79 Å². The SMILES string of the molecule is Cc1cc(C(=O)N2CCC(c3nc(N4CCN(C)CC4)ncc3S(C)(=O)=O)CC2)on1. The Morgan fingerprint density at radius 1 is 1.13 bits per heavy atom. The van der Waals surface area contributed by atoms with Crippen LogP contribution in [0.1, 0.15) is 40.7 Å². The lowest BCUT2D eigenvalue weighted by Crippen LogP contribution is -2.45. The van der Waals surface area contributed by atoms with Crippen LogP contribution in [0.4, 0.5) is 5.95 Å². The first-order chi connectivity index (χ1) is 14.7. The van der Waals surface area contributed by atoms with Crippen LogP contribution in [0.25, 0.3) is 0 Å². The largest absolute Gasteiger partial charge is 0.351 e. The number of piperazine rings is 1. The average molecular weight is 449 g/mol. The van der Waals surface area contributed by atoms with Crippen LogP contribution in [-0.4, -0.2) is 91.8 Å². The number of nitrogens with zero attached hydrogens (tertiary/aromatic N) is 6. The van der Waals surface area contributed by atoms with Crippen molar-refractivity contribution < 1.29 is 17.7 Å². The molecule has 2 aromatic rings. The number of aromatic nitrogens is 3. The first-order valence-electron chi connectivity index (χ1n) is 10.5. The average Bonchev–Trinajstić information content (AvgIpc) is 3.19. The van der Waals surface area contributed by atoms with E-state index in [4.69, 9.17) is 9.51 Å². The second-order valence-electron chi connectivity index (χ2n) is 8.38. The van der Waals surface area contributed by atoms with E-state index in [1.165, 1.54) is 12.5 Å². The van der Waals surface area contributed by atoms with Gasteiger partial charge in [0.1, 0.15) is 4.90 Å². The second kappa shape index (κ2) is 8.54. The molecule has 0 saturated carbocycles. The summed E-state index contributed by atoms with van der Waals surface area (Å²) in [6.07, 6.45) is 3.89. The minimum Gasteiger partial charge on any atom is -0.351 e. The van der Waals surface area contributed by atoms with Crippen LogP contribution in [0.15, 0.2) is 21.7 Å². The number of aryl methyl sites for hydroxylation is 1. The van der Waals surface area contributed by atoms with Crippen molar-refractivity contribution in [3.05, 3.63) is 29.4 Å². The number of likely N-dealkylation sites (tertiary alicyclic amines) is 1. The molecule has 0 atom stereocenters. The molecule has 31 heavy (non-hydrogen) atoms. The standard InChI is InChI=1S/C20H28N6O4S/c1-14-12-16(30-23-14)19(27)25-6-4-15(5-7-25)18-17(31(3,28)29)13-21-20(22-18)26-10-8-24(2)9-11-26/h12-13,15H,4-11H2,1-3H3. The number of hydrogen-bond donors (Lipinski definition) is 0. The van der Waals surface area contributed by atoms with Crippen LogP contribution in [0, 0.1) is 6.92 Å². The number of carbonyl (C=O) groups is 1. The summed E-state index contributed by atoms with van der Waals surface area (Å²) in [5.41, 5.74) is 1.22. The summed E-state index contributed by atoms with van der Waals surface area (Å²) in [5, 5.41) is 3.78. The van der Waals surface area contributed by atoms with Crippen molar-refractivity contribution in [2.24, 2.45) is 0 Å². The normalized spacial score (nSPS) is 19.1. The minimum atomic E-state index is -3.46. The summed E-state index contributed by atoms with van der Waals surface area (Å²) in [6.45, 7) is 6.20. The number of sulfone groups is 1. The predicted molar refractivity (Wildman–Crippen MR) is 114 cm³/mol. The maximum atomic E-state index is 12.6. The molecule has 0 aromatic carbocycles. The van der Waals surface area contributed by atoms with E-state index in [9.17, 15) is 13.2 Å². The van der Waals surface area contributed by atoms with Gasteiger partial charge in [-0.25, -0.2) is 18.4 Å². The summed E-state index contributed by atoms with van der Waals surface area (Å²) in [7, 11) is -1.39. The number of piperidine rings is 1. The van der Waals surface area contributed by atoms with Gasteiger partial charge in [-0.1, -0.05) is 5.16 Å². The molecule has 0 unspecified atom stereocenters. The molecule has 168 valence electrons. The highest BCUT2D eigenvalue weighted by atomic mass is 32.2. The fraction of sp³-hybridized carbons (Fsp3) is 0.600. The summed E-state index contributed by atoms with van der Waals surface area (Å²) in [5.74, 6) is 0.556. The highest BCUT2D eigenvalue weighted by Gasteiger charge is 2.31. The molecule has 2 aliphatic rings. The van der Waals surface area contributed by atoms with Gasteiger partial charge in [0.05, 0.1) is 17.6 Å². The molecule has 2 fully saturated rings. The topological polar surface area (TPSA) is 113 Å². The molecular formula is C20H28N6O4S. The van der Waals surface area contributed by atoms with Gasteiger partial charge in [-0.05, 0) is 26.8 Å². The van der Waals surface area contributed by atoms with Crippen molar-refractivity contribution >= 4 is 21.7 Å². The molecule has 10 nitrogen and oxygen atoms in total. The Balaban J connectivity index is 1.54. The molecule has 0 aliphatic carbocycles. The summed E-state index contributed by atoms with van der Waals surface area (Å²) >= 11 is 0. The van der Waals surface area contributed by atoms with Crippen LogP contribution < -0.4 is 4.90 Å². The molecule has 2 saturated heterocycles. The lowest BCUT2D eigenvalue weighted by atomic mass is 9.93. The van der Waals surface area contributed by atoms with Crippen molar-refractivity contribution in [3.63, 3.8) is 0 Å². The number of hydrogen-bond acceptors (Lipinski definition) is 9. The maximum Gasteiger partial charge on any atom is 0.292 e. The van der Waals surface area contributed by atoms with Gasteiger partial charge in [-0.2, -0.15) is 0 Å². The van der Waals surface area contributed by atoms with Crippen LogP contribution in [-0.2, 0) is 9.84 Å². The van der Waals surface area contributed by atoms with Crippen molar-refractivity contribution in [2.75, 3.05) is 57.5 Å². The lowest BCUT2D eigenvalue weighted by Gasteiger charge is -2.34. The molecule has 4 rings (SSSR count). The number of carbonyl (C=O) groups excluding carboxylic acids is 1. The first-order valence-corrected chi connectivity index (χ1v) is 12.3. The van der Waals surface area contributed by atoms with Gasteiger partial charge in [0, 0.05) is 57.5 Å². The fourth-order valence-electron chi connectivity index (χ4n) is 4.09. The second-order valence-corrected chi connectivity index (χ2v) is 10.4. The summed E-state index contributed by atoms with van der Waals surface area (Å²) in [6, 6.07) is 1.63. The van der Waals surface area contributed by atoms with E-state index >= 15 is 0 Å². The molecule has 2 aliphatic heterocycles. The van der Waals surface area contributed by atoms with Crippen LogP contribution >= 0.6 is 0 Å². The number of amides is 1. The highest BCUT2D eigenvalue weighted by molar-refractivity contribution is 7.90. The van der Waals surface area contributed by atoms with Crippen LogP contribution in [0.2, 0.25) is 0 Å². The Morgan fingerprint density at radius 3 is 2.39 bits per heavy atom. The molecule has 0 radical (unpaired) electrons. The van der Waals surface area contributed by atoms with Gasteiger partial charge in [-0.15, -0.1) is 0 Å². The van der Waals surface area contributed by atoms with Crippen molar-refractivity contribution in [1.82, 2.24) is 24.9 Å². The number of rotatable bonds is 4. The third-order valence-electron chi connectivity index (χ3n) is 5.96. The Hall–Kier alpha value is -2.53. The summed E-state index contributed by atoms with van der Waals surface area (Å²) in [4.78, 5) is 28.0. The molecular weight excluding hydrogens is 420 g/mol. The zero-order valence-electron chi connectivity index (χ0n) is 18.1. The zero-order valence-corrected chi connectivity index (χ0v) is 18.9. The van der Waals surface area contributed by atoms with E-state index in [-0.39, 0.29) is 22.5 Å². The Kier molecular flexibility index (Phi) is 5.98. The van der Waals surface area contributed by atoms with E-state index in [0.717, 1.165) is 26.2 Å². The Morgan fingerprint density at radius 2 is 1.81 bits per heavy atom. The van der Waals surface area contributed by atoms with E-state index < -0.39 is 9.84 Å². The molecule has 0 bridgehead atoms. The van der Waals surface area contributed by atoms with Crippen molar-refractivity contribution in [2.45, 2.75) is 30.6 Å². The third kappa shape index (κ3) is 4.72. The van der Waals surface area contributed by atoms with Crippen LogP contribution in [0.3, 0.4) is 0 Å². The lowest BCUT2D eigenvalue weighted by molar-refractivity contribution is 0.0669. The predicted octanol–water partition coefficient (Wildman–Crippen LogP) is 0.948. The zero-order chi connectivity index (χ0) is 22.2. The summed E-state index contributed by atoms with van der Waals surface area (Å²) < 4.78 is 29.9. The monoisotopic (exact) mass is 448 g/mol. The Labute approximate surface area is 182 Å². The smallest absolute Gasteiger partial charge is 0.292 e. The van der Waals surface area contributed by atoms with E-state index in [0.29, 0.717) is 43.3 Å². The molecule has 2 aromatic heterocycles. The van der Waals surface area contributed by atoms with Gasteiger partial charge in [0.15, 0.2) is 9.84 Å². The van der Waals surface area contributed by atoms with E-state index in [2.05, 4.69) is 27.0 Å². The van der Waals surface area contributed by atoms with Crippen molar-refractivity contribution in [1.29, 1.82) is 0 Å². The highest BCUT2D eigenvalue weighted by Crippen LogP contribution is 2.32. The van der Waals surface area contributed by atoms with Crippen molar-refractivity contribution in [3.8, 4) is 0 Å². The van der Waals surface area contributed by atoms with Gasteiger partial charge in [0.2, 0.25) is 11.7 Å².